The average molecular weight is 625 g/mol. The molecule has 0 aliphatic carbocycles. The van der Waals surface area contributed by atoms with E-state index in [-0.39, 0.29) is 5.41 Å². The molecule has 0 atom stereocenters. The highest BCUT2D eigenvalue weighted by molar-refractivity contribution is 5.99. The van der Waals surface area contributed by atoms with Gasteiger partial charge in [0.05, 0.1) is 22.4 Å². The molecule has 48 heavy (non-hydrogen) atoms. The standard InChI is InChI=1S/C43H36N4O/c1-27-12-11-13-28(2)40(27)34-20-21-35(29-14-7-6-8-15-29)46-42(34)48-39-26-32(43(3,4)5)25-37(44-39)31-18-19-33-30(24-31)22-23-47-38-17-10-9-16-36(38)45-41(33)47/h6-26H,1-5H3. The molecule has 0 aliphatic rings. The molecule has 0 saturated heterocycles. The van der Waals surface area contributed by atoms with Gasteiger partial charge in [-0.25, -0.2) is 15.0 Å². The van der Waals surface area contributed by atoms with Gasteiger partial charge in [0.2, 0.25) is 11.8 Å². The maximum Gasteiger partial charge on any atom is 0.229 e. The van der Waals surface area contributed by atoms with Gasteiger partial charge in [-0.3, -0.25) is 4.40 Å². The number of aromatic nitrogens is 4. The van der Waals surface area contributed by atoms with Crippen LogP contribution in [0.2, 0.25) is 0 Å². The van der Waals surface area contributed by atoms with Gasteiger partial charge in [-0.15, -0.1) is 0 Å². The van der Waals surface area contributed by atoms with Crippen LogP contribution in [0.4, 0.5) is 0 Å². The smallest absolute Gasteiger partial charge is 0.229 e. The lowest BCUT2D eigenvalue weighted by Crippen LogP contribution is -2.12. The molecule has 4 aromatic heterocycles. The largest absolute Gasteiger partial charge is 0.420 e. The second-order valence-electron chi connectivity index (χ2n) is 13.5. The van der Waals surface area contributed by atoms with Crippen molar-refractivity contribution in [1.29, 1.82) is 0 Å². The van der Waals surface area contributed by atoms with Crippen LogP contribution in [-0.2, 0) is 5.41 Å². The Hall–Kier alpha value is -5.81. The molecule has 0 bridgehead atoms. The zero-order valence-corrected chi connectivity index (χ0v) is 27.8. The van der Waals surface area contributed by atoms with Crippen molar-refractivity contribution < 1.29 is 4.74 Å². The van der Waals surface area contributed by atoms with E-state index in [4.69, 9.17) is 19.7 Å². The Morgan fingerprint density at radius 2 is 1.40 bits per heavy atom. The predicted octanol–water partition coefficient (Wildman–Crippen LogP) is 11.1. The van der Waals surface area contributed by atoms with Gasteiger partial charge in [-0.2, -0.15) is 0 Å². The Morgan fingerprint density at radius 1 is 0.625 bits per heavy atom. The van der Waals surface area contributed by atoms with Gasteiger partial charge in [0.15, 0.2) is 0 Å². The quantitative estimate of drug-likeness (QED) is 0.191. The fourth-order valence-electron chi connectivity index (χ4n) is 6.56. The van der Waals surface area contributed by atoms with Crippen molar-refractivity contribution >= 4 is 27.5 Å². The third-order valence-electron chi connectivity index (χ3n) is 9.14. The summed E-state index contributed by atoms with van der Waals surface area (Å²) in [5.74, 6) is 1.04. The van der Waals surface area contributed by atoms with Crippen LogP contribution < -0.4 is 4.74 Å². The molecule has 0 amide bonds. The normalized spacial score (nSPS) is 11.9. The summed E-state index contributed by atoms with van der Waals surface area (Å²) in [6.07, 6.45) is 2.10. The van der Waals surface area contributed by atoms with Crippen molar-refractivity contribution in [1.82, 2.24) is 19.4 Å². The summed E-state index contributed by atoms with van der Waals surface area (Å²) in [4.78, 5) is 15.2. The number of ether oxygens (including phenoxy) is 1. The van der Waals surface area contributed by atoms with Gasteiger partial charge in [0, 0.05) is 34.3 Å². The van der Waals surface area contributed by atoms with E-state index < -0.39 is 0 Å². The van der Waals surface area contributed by atoms with Gasteiger partial charge in [0.25, 0.3) is 0 Å². The molecule has 0 saturated carbocycles. The molecule has 0 unspecified atom stereocenters. The van der Waals surface area contributed by atoms with E-state index in [1.807, 2.05) is 24.3 Å². The van der Waals surface area contributed by atoms with Crippen molar-refractivity contribution in [3.63, 3.8) is 0 Å². The fraction of sp³-hybridized carbons (Fsp3) is 0.140. The van der Waals surface area contributed by atoms with Crippen molar-refractivity contribution in [3.05, 3.63) is 144 Å². The highest BCUT2D eigenvalue weighted by Gasteiger charge is 2.21. The van der Waals surface area contributed by atoms with E-state index in [1.54, 1.807) is 0 Å². The Balaban J connectivity index is 1.27. The molecule has 8 rings (SSSR count). The number of pyridine rings is 3. The van der Waals surface area contributed by atoms with Gasteiger partial charge < -0.3 is 4.74 Å². The molecule has 8 aromatic rings. The lowest BCUT2D eigenvalue weighted by molar-refractivity contribution is 0.444. The molecule has 234 valence electrons. The molecule has 0 N–H and O–H groups in total. The molecule has 0 fully saturated rings. The van der Waals surface area contributed by atoms with Gasteiger partial charge >= 0.3 is 0 Å². The minimum absolute atomic E-state index is 0.135. The molecule has 0 spiro atoms. The molecule has 4 heterocycles. The molecule has 5 nitrogen and oxygen atoms in total. The summed E-state index contributed by atoms with van der Waals surface area (Å²) < 4.78 is 8.94. The molecule has 4 aromatic carbocycles. The summed E-state index contributed by atoms with van der Waals surface area (Å²) in [7, 11) is 0. The lowest BCUT2D eigenvalue weighted by atomic mass is 9.86. The van der Waals surface area contributed by atoms with E-state index in [0.29, 0.717) is 11.8 Å². The first kappa shape index (κ1) is 29.6. The number of hydrogen-bond acceptors (Lipinski definition) is 4. The molecular weight excluding hydrogens is 589 g/mol. The predicted molar refractivity (Wildman–Crippen MR) is 197 cm³/mol. The third-order valence-corrected chi connectivity index (χ3v) is 9.14. The number of rotatable bonds is 5. The number of imidazole rings is 1. The fourth-order valence-corrected chi connectivity index (χ4v) is 6.56. The van der Waals surface area contributed by atoms with Gasteiger partial charge in [-0.1, -0.05) is 87.5 Å². The number of fused-ring (bicyclic) bond motifs is 5. The van der Waals surface area contributed by atoms with Crippen LogP contribution >= 0.6 is 0 Å². The zero-order chi connectivity index (χ0) is 33.0. The van der Waals surface area contributed by atoms with E-state index in [2.05, 4.69) is 142 Å². The number of aryl methyl sites for hydroxylation is 2. The van der Waals surface area contributed by atoms with E-state index in [1.165, 1.54) is 11.1 Å². The maximum absolute atomic E-state index is 6.78. The van der Waals surface area contributed by atoms with Crippen LogP contribution in [0.3, 0.4) is 0 Å². The average Bonchev–Trinajstić information content (AvgIpc) is 3.48. The van der Waals surface area contributed by atoms with Crippen molar-refractivity contribution in [2.75, 3.05) is 0 Å². The third kappa shape index (κ3) is 5.27. The molecule has 0 radical (unpaired) electrons. The van der Waals surface area contributed by atoms with Crippen molar-refractivity contribution in [2.24, 2.45) is 0 Å². The SMILES string of the molecule is Cc1cccc(C)c1-c1ccc(-c2ccccc2)nc1Oc1cc(C(C)(C)C)cc(-c2ccc3c(ccn4c5ccccc5nc34)c2)n1. The Morgan fingerprint density at radius 3 is 2.19 bits per heavy atom. The monoisotopic (exact) mass is 624 g/mol. The molecular formula is C43H36N4O. The Bertz CT molecular complexity index is 2470. The number of hydrogen-bond donors (Lipinski definition) is 0. The van der Waals surface area contributed by atoms with Crippen LogP contribution in [0.5, 0.6) is 11.8 Å². The van der Waals surface area contributed by atoms with Crippen LogP contribution in [0, 0.1) is 13.8 Å². The van der Waals surface area contributed by atoms with E-state index in [9.17, 15) is 0 Å². The Kier molecular flexibility index (Phi) is 7.06. The van der Waals surface area contributed by atoms with E-state index >= 15 is 0 Å². The first-order valence-electron chi connectivity index (χ1n) is 16.4. The number of benzene rings is 4. The maximum atomic E-state index is 6.78. The van der Waals surface area contributed by atoms with Crippen LogP contribution in [0.25, 0.3) is 61.1 Å². The number of para-hydroxylation sites is 2. The molecule has 5 heteroatoms. The van der Waals surface area contributed by atoms with Crippen LogP contribution in [-0.4, -0.2) is 19.4 Å². The number of nitrogens with zero attached hydrogens (tertiary/aromatic N) is 4. The second kappa shape index (κ2) is 11.5. The summed E-state index contributed by atoms with van der Waals surface area (Å²) >= 11 is 0. The summed E-state index contributed by atoms with van der Waals surface area (Å²) in [6, 6.07) is 41.9. The van der Waals surface area contributed by atoms with Crippen molar-refractivity contribution in [3.8, 4) is 45.4 Å². The first-order chi connectivity index (χ1) is 23.2. The second-order valence-corrected chi connectivity index (χ2v) is 13.5. The zero-order valence-electron chi connectivity index (χ0n) is 27.8. The minimum Gasteiger partial charge on any atom is -0.420 e. The highest BCUT2D eigenvalue weighted by Crippen LogP contribution is 2.39. The lowest BCUT2D eigenvalue weighted by Gasteiger charge is -2.21. The first-order valence-corrected chi connectivity index (χ1v) is 16.4. The Labute approximate surface area is 280 Å². The topological polar surface area (TPSA) is 52.3 Å². The van der Waals surface area contributed by atoms with Crippen molar-refractivity contribution in [2.45, 2.75) is 40.0 Å². The molecule has 0 aliphatic heterocycles. The summed E-state index contributed by atoms with van der Waals surface area (Å²) in [5, 5.41) is 2.20. The van der Waals surface area contributed by atoms with Crippen LogP contribution in [0.15, 0.2) is 128 Å². The van der Waals surface area contributed by atoms with Gasteiger partial charge in [-0.05, 0) is 95.4 Å². The highest BCUT2D eigenvalue weighted by atomic mass is 16.5. The van der Waals surface area contributed by atoms with Crippen LogP contribution in [0.1, 0.15) is 37.5 Å². The van der Waals surface area contributed by atoms with Gasteiger partial charge in [0.1, 0.15) is 5.65 Å². The minimum atomic E-state index is -0.135. The van der Waals surface area contributed by atoms with E-state index in [0.717, 1.165) is 66.7 Å². The summed E-state index contributed by atoms with van der Waals surface area (Å²) in [6.45, 7) is 10.9. The summed E-state index contributed by atoms with van der Waals surface area (Å²) in [5.41, 5.74) is 12.2.